The molecule has 1 heteroatoms. The Morgan fingerprint density at radius 1 is 0.333 bits per heavy atom. The monoisotopic (exact) mass is 244 g/mol. The molecule has 0 unspecified atom stereocenters. The molecule has 0 aliphatic heterocycles. The van der Waals surface area contributed by atoms with Gasteiger partial charge in [0.05, 0.1) is 0 Å². The molecule has 0 aromatic rings. The summed E-state index contributed by atoms with van der Waals surface area (Å²) in [6.45, 7) is 0. The first-order valence-electron chi connectivity index (χ1n) is 2.67. The number of rotatable bonds is 0. The van der Waals surface area contributed by atoms with Gasteiger partial charge in [-0.2, -0.15) is 0 Å². The Labute approximate surface area is 89.4 Å². The summed E-state index contributed by atoms with van der Waals surface area (Å²) >= 11 is 0. The maximum absolute atomic E-state index is 2.00. The zero-order valence-electron chi connectivity index (χ0n) is 5.12. The number of hydrogen-bond donors (Lipinski definition) is 0. The van der Waals surface area contributed by atoms with Gasteiger partial charge in [-0.1, -0.05) is 48.6 Å². The molecule has 0 heterocycles. The fourth-order valence-electron chi connectivity index (χ4n) is 0.513. The molecule has 0 aromatic heterocycles. The van der Waals surface area contributed by atoms with Crippen LogP contribution in [0.2, 0.25) is 0 Å². The van der Waals surface area contributed by atoms with E-state index in [1.807, 2.05) is 48.6 Å². The van der Waals surface area contributed by atoms with Crippen LogP contribution in [0.1, 0.15) is 0 Å². The van der Waals surface area contributed by atoms with E-state index in [1.165, 1.54) is 0 Å². The van der Waals surface area contributed by atoms with Crippen LogP contribution in [0.5, 0.6) is 0 Å². The number of allylic oxidation sites excluding steroid dienone is 8. The van der Waals surface area contributed by atoms with Crippen LogP contribution in [0.25, 0.3) is 0 Å². The van der Waals surface area contributed by atoms with Gasteiger partial charge in [0.25, 0.3) is 0 Å². The summed E-state index contributed by atoms with van der Waals surface area (Å²) < 4.78 is 0. The third kappa shape index (κ3) is 4.82. The smallest absolute Gasteiger partial charge is 0 e. The molecule has 1 aliphatic carbocycles. The Balaban J connectivity index is 0.000000640. The van der Waals surface area contributed by atoms with Crippen molar-refractivity contribution in [2.24, 2.45) is 0 Å². The van der Waals surface area contributed by atoms with Gasteiger partial charge in [-0.3, -0.25) is 0 Å². The molecule has 0 radical (unpaired) electrons. The predicted octanol–water partition coefficient (Wildman–Crippen LogP) is 2.22. The summed E-state index contributed by atoms with van der Waals surface area (Å²) in [5.41, 5.74) is 0. The molecule has 0 atom stereocenters. The van der Waals surface area contributed by atoms with Crippen molar-refractivity contribution in [3.05, 3.63) is 48.6 Å². The zero-order valence-corrected chi connectivity index (χ0v) is 8.26. The molecule has 0 spiro atoms. The van der Waals surface area contributed by atoms with Crippen LogP contribution in [0, 0.1) is 41.7 Å². The predicted molar refractivity (Wildman–Crippen MR) is 36.6 cm³/mol. The topological polar surface area (TPSA) is 0 Å². The average molecular weight is 244 g/mol. The Morgan fingerprint density at radius 2 is 0.444 bits per heavy atom. The second-order valence-electron chi connectivity index (χ2n) is 1.54. The maximum Gasteiger partial charge on any atom is 0 e. The molecule has 0 aromatic carbocycles. The molecule has 0 N–H and O–H groups in total. The quantitative estimate of drug-likeness (QED) is 0.613. The zero-order chi connectivity index (χ0) is 5.66. The Hall–Kier alpha value is 0.337. The van der Waals surface area contributed by atoms with E-state index in [4.69, 9.17) is 0 Å². The SMILES string of the molecule is C1=C\C=C/C=C\C=C/1.[Ce]. The Bertz CT molecular complexity index is 105. The summed E-state index contributed by atoms with van der Waals surface area (Å²) in [6, 6.07) is 0. The number of hydrogen-bond acceptors (Lipinski definition) is 0. The molecule has 1 rings (SSSR count). The minimum absolute atomic E-state index is 0. The van der Waals surface area contributed by atoms with Crippen molar-refractivity contribution in [3.63, 3.8) is 0 Å². The van der Waals surface area contributed by atoms with Crippen molar-refractivity contribution < 1.29 is 41.7 Å². The fourth-order valence-corrected chi connectivity index (χ4v) is 0.513. The van der Waals surface area contributed by atoms with E-state index < -0.39 is 0 Å². The van der Waals surface area contributed by atoms with E-state index in [0.717, 1.165) is 0 Å². The van der Waals surface area contributed by atoms with Crippen molar-refractivity contribution in [2.75, 3.05) is 0 Å². The molecule has 0 saturated heterocycles. The summed E-state index contributed by atoms with van der Waals surface area (Å²) in [6.07, 6.45) is 16.0. The van der Waals surface area contributed by atoms with Crippen molar-refractivity contribution in [1.82, 2.24) is 0 Å². The molecule has 0 fully saturated rings. The van der Waals surface area contributed by atoms with Crippen LogP contribution in [-0.2, 0) is 0 Å². The first-order valence-corrected chi connectivity index (χ1v) is 2.67. The van der Waals surface area contributed by atoms with Gasteiger partial charge >= 0.3 is 0 Å². The maximum atomic E-state index is 2.00. The van der Waals surface area contributed by atoms with E-state index in [0.29, 0.717) is 0 Å². The standard InChI is InChI=1S/C8H8.Ce/c1-2-4-6-8-7-5-3-1;/h1-8H;/b2-1-,3-1?,4-2?,5-3-,6-4-,7-5?,8-6?,8-7-;. The second kappa shape index (κ2) is 6.46. The third-order valence-electron chi connectivity index (χ3n) is 0.889. The van der Waals surface area contributed by atoms with Crippen LogP contribution in [0.4, 0.5) is 0 Å². The van der Waals surface area contributed by atoms with Gasteiger partial charge in [0, 0.05) is 41.7 Å². The largest absolute Gasteiger partial charge is 0.0623 e. The molecular formula is C8H8Ce. The van der Waals surface area contributed by atoms with Gasteiger partial charge in [-0.15, -0.1) is 0 Å². The van der Waals surface area contributed by atoms with E-state index in [1.54, 1.807) is 0 Å². The minimum atomic E-state index is 0. The minimum Gasteiger partial charge on any atom is -0.0623 e. The Morgan fingerprint density at radius 3 is 0.556 bits per heavy atom. The van der Waals surface area contributed by atoms with Crippen LogP contribution >= 0.6 is 0 Å². The molecule has 44 valence electrons. The van der Waals surface area contributed by atoms with Gasteiger partial charge in [0.15, 0.2) is 0 Å². The average Bonchev–Trinajstić information content (AvgIpc) is 1.62. The third-order valence-corrected chi connectivity index (χ3v) is 0.889. The first-order chi connectivity index (χ1) is 4.00. The van der Waals surface area contributed by atoms with Gasteiger partial charge in [-0.05, 0) is 0 Å². The van der Waals surface area contributed by atoms with E-state index in [9.17, 15) is 0 Å². The van der Waals surface area contributed by atoms with Crippen molar-refractivity contribution >= 4 is 0 Å². The van der Waals surface area contributed by atoms with Gasteiger partial charge < -0.3 is 0 Å². The molecule has 1 aliphatic rings. The first kappa shape index (κ1) is 9.34. The summed E-state index contributed by atoms with van der Waals surface area (Å²) in [5, 5.41) is 0. The van der Waals surface area contributed by atoms with E-state index >= 15 is 0 Å². The second-order valence-corrected chi connectivity index (χ2v) is 1.54. The van der Waals surface area contributed by atoms with Crippen LogP contribution in [-0.4, -0.2) is 0 Å². The molecule has 9 heavy (non-hydrogen) atoms. The van der Waals surface area contributed by atoms with Crippen LogP contribution in [0.3, 0.4) is 0 Å². The summed E-state index contributed by atoms with van der Waals surface area (Å²) in [5.74, 6) is 0. The van der Waals surface area contributed by atoms with Crippen LogP contribution < -0.4 is 0 Å². The summed E-state index contributed by atoms with van der Waals surface area (Å²) in [7, 11) is 0. The van der Waals surface area contributed by atoms with Crippen LogP contribution in [0.15, 0.2) is 48.6 Å². The molecular weight excluding hydrogens is 236 g/mol. The van der Waals surface area contributed by atoms with Gasteiger partial charge in [0.1, 0.15) is 0 Å². The van der Waals surface area contributed by atoms with Crippen molar-refractivity contribution in [3.8, 4) is 0 Å². The van der Waals surface area contributed by atoms with Gasteiger partial charge in [-0.25, -0.2) is 0 Å². The van der Waals surface area contributed by atoms with E-state index in [-0.39, 0.29) is 41.7 Å². The van der Waals surface area contributed by atoms with E-state index in [2.05, 4.69) is 0 Å². The molecule has 0 amide bonds. The van der Waals surface area contributed by atoms with Crippen molar-refractivity contribution in [2.45, 2.75) is 0 Å². The fraction of sp³-hybridized carbons (Fsp3) is 0. The normalized spacial score (nSPS) is 28.4. The molecule has 0 nitrogen and oxygen atoms in total. The van der Waals surface area contributed by atoms with Gasteiger partial charge in [0.2, 0.25) is 0 Å². The summed E-state index contributed by atoms with van der Waals surface area (Å²) in [4.78, 5) is 0. The molecule has 0 saturated carbocycles. The Kier molecular flexibility index (Phi) is 6.70. The van der Waals surface area contributed by atoms with Crippen molar-refractivity contribution in [1.29, 1.82) is 0 Å². The molecule has 0 bridgehead atoms.